The number of hydrogen-bond donors (Lipinski definition) is 1. The van der Waals surface area contributed by atoms with Crippen molar-refractivity contribution in [3.8, 4) is 0 Å². The van der Waals surface area contributed by atoms with Gasteiger partial charge in [0.2, 0.25) is 0 Å². The number of aryl methyl sites for hydroxylation is 1. The lowest BCUT2D eigenvalue weighted by atomic mass is 10.1. The lowest BCUT2D eigenvalue weighted by Gasteiger charge is -2.17. The summed E-state index contributed by atoms with van der Waals surface area (Å²) >= 11 is 0. The third-order valence-corrected chi connectivity index (χ3v) is 3.35. The number of nitrogens with two attached hydrogens (primary N) is 1. The van der Waals surface area contributed by atoms with Crippen LogP contribution in [0.25, 0.3) is 0 Å². The zero-order valence-electron chi connectivity index (χ0n) is 10.8. The number of hydrogen-bond acceptors (Lipinski definition) is 3. The van der Waals surface area contributed by atoms with Crippen molar-refractivity contribution in [1.29, 1.82) is 0 Å². The molecule has 2 heterocycles. The molecule has 2 aromatic rings. The van der Waals surface area contributed by atoms with E-state index in [-0.39, 0.29) is 5.91 Å². The van der Waals surface area contributed by atoms with E-state index in [0.29, 0.717) is 11.4 Å². The fourth-order valence-electron chi connectivity index (χ4n) is 2.52. The second-order valence-electron chi connectivity index (χ2n) is 4.76. The van der Waals surface area contributed by atoms with Crippen LogP contribution in [-0.4, -0.2) is 17.4 Å². The number of aromatic nitrogens is 1. The van der Waals surface area contributed by atoms with Crippen LogP contribution in [0.5, 0.6) is 0 Å². The molecule has 2 N–H and O–H groups in total. The summed E-state index contributed by atoms with van der Waals surface area (Å²) in [6.07, 6.45) is 0.904. The molecule has 1 aromatic heterocycles. The Hall–Kier alpha value is -2.36. The van der Waals surface area contributed by atoms with Crippen LogP contribution in [0, 0.1) is 6.92 Å². The van der Waals surface area contributed by atoms with E-state index >= 15 is 0 Å². The summed E-state index contributed by atoms with van der Waals surface area (Å²) in [7, 11) is 0. The lowest BCUT2D eigenvalue weighted by molar-refractivity contribution is 0.0989. The minimum Gasteiger partial charge on any atom is -0.384 e. The molecule has 19 heavy (non-hydrogen) atoms. The van der Waals surface area contributed by atoms with Gasteiger partial charge in [-0.2, -0.15) is 0 Å². The number of nitrogen functional groups attached to an aromatic ring is 1. The van der Waals surface area contributed by atoms with Gasteiger partial charge in [0.25, 0.3) is 5.91 Å². The Morgan fingerprint density at radius 2 is 2.11 bits per heavy atom. The molecule has 1 amide bonds. The van der Waals surface area contributed by atoms with Gasteiger partial charge >= 0.3 is 0 Å². The fraction of sp³-hybridized carbons (Fsp3) is 0.200. The van der Waals surface area contributed by atoms with Gasteiger partial charge in [-0.15, -0.1) is 0 Å². The molecule has 0 saturated heterocycles. The molecular weight excluding hydrogens is 238 g/mol. The van der Waals surface area contributed by atoms with Crippen molar-refractivity contribution in [3.63, 3.8) is 0 Å². The highest BCUT2D eigenvalue weighted by Gasteiger charge is 2.25. The molecule has 0 unspecified atom stereocenters. The van der Waals surface area contributed by atoms with Crippen LogP contribution in [0.2, 0.25) is 0 Å². The molecule has 0 spiro atoms. The Balaban J connectivity index is 1.98. The van der Waals surface area contributed by atoms with Crippen molar-refractivity contribution in [2.24, 2.45) is 0 Å². The third-order valence-electron chi connectivity index (χ3n) is 3.35. The predicted molar refractivity (Wildman–Crippen MR) is 75.2 cm³/mol. The molecule has 1 aliphatic rings. The van der Waals surface area contributed by atoms with Crippen molar-refractivity contribution in [1.82, 2.24) is 4.98 Å². The molecule has 96 valence electrons. The van der Waals surface area contributed by atoms with Crippen LogP contribution >= 0.6 is 0 Å². The van der Waals surface area contributed by atoms with Gasteiger partial charge in [-0.25, -0.2) is 4.98 Å². The number of nitrogens with zero attached hydrogens (tertiary/aromatic N) is 2. The molecule has 0 radical (unpaired) electrons. The number of para-hydroxylation sites is 1. The van der Waals surface area contributed by atoms with E-state index in [0.717, 1.165) is 24.3 Å². The van der Waals surface area contributed by atoms with Gasteiger partial charge in [0, 0.05) is 23.5 Å². The minimum absolute atomic E-state index is 0.0119. The smallest absolute Gasteiger partial charge is 0.258 e. The highest BCUT2D eigenvalue weighted by molar-refractivity contribution is 6.07. The number of carbonyl (C=O) groups excluding carboxylic acids is 1. The van der Waals surface area contributed by atoms with E-state index < -0.39 is 0 Å². The number of benzene rings is 1. The Bertz CT molecular complexity index is 631. The van der Waals surface area contributed by atoms with E-state index in [9.17, 15) is 4.79 Å². The zero-order chi connectivity index (χ0) is 13.4. The van der Waals surface area contributed by atoms with Crippen LogP contribution in [0.4, 0.5) is 11.5 Å². The molecule has 0 saturated carbocycles. The van der Waals surface area contributed by atoms with Gasteiger partial charge in [0.05, 0.1) is 0 Å². The molecule has 3 rings (SSSR count). The second-order valence-corrected chi connectivity index (χ2v) is 4.76. The quantitative estimate of drug-likeness (QED) is 0.847. The van der Waals surface area contributed by atoms with Gasteiger partial charge in [0.15, 0.2) is 0 Å². The van der Waals surface area contributed by atoms with E-state index in [1.807, 2.05) is 30.0 Å². The minimum atomic E-state index is -0.0119. The van der Waals surface area contributed by atoms with Gasteiger partial charge in [-0.05, 0) is 37.1 Å². The number of rotatable bonds is 1. The third kappa shape index (κ3) is 2.05. The molecule has 4 heteroatoms. The molecule has 0 atom stereocenters. The predicted octanol–water partition coefficient (Wildman–Crippen LogP) is 2.18. The van der Waals surface area contributed by atoms with Gasteiger partial charge in [-0.3, -0.25) is 4.79 Å². The Morgan fingerprint density at radius 1 is 1.32 bits per heavy atom. The first-order chi connectivity index (χ1) is 9.15. The molecule has 1 aromatic carbocycles. The molecule has 0 aliphatic carbocycles. The van der Waals surface area contributed by atoms with E-state index in [1.165, 1.54) is 5.56 Å². The number of fused-ring (bicyclic) bond motifs is 1. The summed E-state index contributed by atoms with van der Waals surface area (Å²) in [5.74, 6) is 0.373. The van der Waals surface area contributed by atoms with Crippen molar-refractivity contribution >= 4 is 17.4 Å². The largest absolute Gasteiger partial charge is 0.384 e. The summed E-state index contributed by atoms with van der Waals surface area (Å²) in [5.41, 5.74) is 9.29. The van der Waals surface area contributed by atoms with Gasteiger partial charge in [0.1, 0.15) is 5.82 Å². The van der Waals surface area contributed by atoms with Crippen molar-refractivity contribution in [2.45, 2.75) is 13.3 Å². The van der Waals surface area contributed by atoms with Crippen LogP contribution in [0.1, 0.15) is 21.6 Å². The maximum Gasteiger partial charge on any atom is 0.258 e. The molecular formula is C15H15N3O. The zero-order valence-corrected chi connectivity index (χ0v) is 10.8. The van der Waals surface area contributed by atoms with Crippen molar-refractivity contribution < 1.29 is 4.79 Å². The summed E-state index contributed by atoms with van der Waals surface area (Å²) in [6, 6.07) is 11.4. The molecule has 0 fully saturated rings. The van der Waals surface area contributed by atoms with Crippen LogP contribution < -0.4 is 10.6 Å². The first-order valence-electron chi connectivity index (χ1n) is 6.29. The van der Waals surface area contributed by atoms with Crippen molar-refractivity contribution in [3.05, 3.63) is 53.2 Å². The topological polar surface area (TPSA) is 59.2 Å². The number of anilines is 2. The highest BCUT2D eigenvalue weighted by atomic mass is 16.2. The SMILES string of the molecule is Cc1cc(C(=O)N2CCc3ccccc32)cc(N)n1. The molecule has 0 bridgehead atoms. The average Bonchev–Trinajstić information content (AvgIpc) is 2.80. The normalized spacial score (nSPS) is 13.4. The Morgan fingerprint density at radius 3 is 2.89 bits per heavy atom. The lowest BCUT2D eigenvalue weighted by Crippen LogP contribution is -2.29. The van der Waals surface area contributed by atoms with Gasteiger partial charge < -0.3 is 10.6 Å². The van der Waals surface area contributed by atoms with Crippen molar-refractivity contribution in [2.75, 3.05) is 17.2 Å². The van der Waals surface area contributed by atoms with E-state index in [2.05, 4.69) is 11.1 Å². The Labute approximate surface area is 111 Å². The van der Waals surface area contributed by atoms with Crippen LogP contribution in [0.3, 0.4) is 0 Å². The van der Waals surface area contributed by atoms with Gasteiger partial charge in [-0.1, -0.05) is 18.2 Å². The maximum atomic E-state index is 12.6. The number of carbonyl (C=O) groups is 1. The first kappa shape index (κ1) is 11.7. The van der Waals surface area contributed by atoms with Crippen LogP contribution in [-0.2, 0) is 6.42 Å². The molecule has 4 nitrogen and oxygen atoms in total. The standard InChI is InChI=1S/C15H15N3O/c1-10-8-12(9-14(16)17-10)15(19)18-7-6-11-4-2-3-5-13(11)18/h2-5,8-9H,6-7H2,1H3,(H2,16,17). The molecule has 1 aliphatic heterocycles. The number of amides is 1. The number of pyridine rings is 1. The summed E-state index contributed by atoms with van der Waals surface area (Å²) in [6.45, 7) is 2.56. The monoisotopic (exact) mass is 253 g/mol. The first-order valence-corrected chi connectivity index (χ1v) is 6.29. The average molecular weight is 253 g/mol. The fourth-order valence-corrected chi connectivity index (χ4v) is 2.52. The summed E-state index contributed by atoms with van der Waals surface area (Å²) < 4.78 is 0. The highest BCUT2D eigenvalue weighted by Crippen LogP contribution is 2.29. The second kappa shape index (κ2) is 4.39. The van der Waals surface area contributed by atoms with E-state index in [1.54, 1.807) is 12.1 Å². The van der Waals surface area contributed by atoms with E-state index in [4.69, 9.17) is 5.73 Å². The summed E-state index contributed by atoms with van der Waals surface area (Å²) in [4.78, 5) is 18.5. The summed E-state index contributed by atoms with van der Waals surface area (Å²) in [5, 5.41) is 0. The maximum absolute atomic E-state index is 12.6. The Kier molecular flexibility index (Phi) is 2.71. The van der Waals surface area contributed by atoms with Crippen LogP contribution in [0.15, 0.2) is 36.4 Å².